The summed E-state index contributed by atoms with van der Waals surface area (Å²) >= 11 is 5.84. The van der Waals surface area contributed by atoms with Gasteiger partial charge in [0.2, 0.25) is 5.88 Å². The van der Waals surface area contributed by atoms with Crippen LogP contribution in [0.25, 0.3) is 0 Å². The third-order valence-electron chi connectivity index (χ3n) is 2.40. The van der Waals surface area contributed by atoms with E-state index < -0.39 is 0 Å². The number of nitrogens with zero attached hydrogens (tertiary/aromatic N) is 1. The molecule has 0 saturated carbocycles. The molecule has 2 nitrogen and oxygen atoms in total. The predicted octanol–water partition coefficient (Wildman–Crippen LogP) is 4.23. The van der Waals surface area contributed by atoms with Gasteiger partial charge in [0.25, 0.3) is 0 Å². The summed E-state index contributed by atoms with van der Waals surface area (Å²) in [6.45, 7) is 4.08. The van der Waals surface area contributed by atoms with Crippen LogP contribution in [0.3, 0.4) is 0 Å². The summed E-state index contributed by atoms with van der Waals surface area (Å²) in [4.78, 5) is 4.20. The highest BCUT2D eigenvalue weighted by Crippen LogP contribution is 2.25. The molecule has 0 bridgehead atoms. The van der Waals surface area contributed by atoms with Crippen molar-refractivity contribution in [1.29, 1.82) is 0 Å². The minimum Gasteiger partial charge on any atom is -0.439 e. The Balaban J connectivity index is 2.31. The van der Waals surface area contributed by atoms with Gasteiger partial charge in [-0.05, 0) is 43.2 Å². The van der Waals surface area contributed by atoms with Gasteiger partial charge in [0.1, 0.15) is 5.75 Å². The zero-order valence-electron chi connectivity index (χ0n) is 9.90. The number of pyridine rings is 1. The smallest absolute Gasteiger partial charge is 0.223 e. The van der Waals surface area contributed by atoms with E-state index in [0.29, 0.717) is 11.8 Å². The van der Waals surface area contributed by atoms with Crippen LogP contribution in [0.4, 0.5) is 0 Å². The Bertz CT molecular complexity index is 505. The van der Waals surface area contributed by atoms with Crippen molar-refractivity contribution in [2.45, 2.75) is 19.7 Å². The monoisotopic (exact) mass is 247 g/mol. The molecule has 2 rings (SSSR count). The van der Waals surface area contributed by atoms with Gasteiger partial charge in [-0.25, -0.2) is 4.98 Å². The van der Waals surface area contributed by atoms with E-state index in [1.807, 2.05) is 38.1 Å². The lowest BCUT2D eigenvalue weighted by Crippen LogP contribution is -1.93. The third-order valence-corrected chi connectivity index (χ3v) is 2.69. The number of alkyl halides is 1. The Labute approximate surface area is 106 Å². The van der Waals surface area contributed by atoms with E-state index in [2.05, 4.69) is 11.1 Å². The highest BCUT2D eigenvalue weighted by Gasteiger charge is 2.05. The summed E-state index contributed by atoms with van der Waals surface area (Å²) in [6.07, 6.45) is 1.70. The molecule has 0 amide bonds. The maximum atomic E-state index is 5.84. The van der Waals surface area contributed by atoms with E-state index in [-0.39, 0.29) is 0 Å². The lowest BCUT2D eigenvalue weighted by Gasteiger charge is -2.09. The van der Waals surface area contributed by atoms with Crippen molar-refractivity contribution in [3.63, 3.8) is 0 Å². The standard InChI is InChI=1S/C14H14ClNO/c1-10-6-11(2)8-13(7-10)17-14-12(9-15)4-3-5-16-14/h3-8H,9H2,1-2H3. The fourth-order valence-electron chi connectivity index (χ4n) is 1.72. The molecule has 0 aliphatic carbocycles. The van der Waals surface area contributed by atoms with Crippen LogP contribution in [0, 0.1) is 13.8 Å². The van der Waals surface area contributed by atoms with Gasteiger partial charge >= 0.3 is 0 Å². The molecule has 0 radical (unpaired) electrons. The Morgan fingerprint density at radius 1 is 1.18 bits per heavy atom. The maximum absolute atomic E-state index is 5.84. The first kappa shape index (κ1) is 11.9. The number of hydrogen-bond acceptors (Lipinski definition) is 2. The van der Waals surface area contributed by atoms with E-state index in [4.69, 9.17) is 16.3 Å². The van der Waals surface area contributed by atoms with Crippen LogP contribution in [-0.4, -0.2) is 4.98 Å². The maximum Gasteiger partial charge on any atom is 0.223 e. The average Bonchev–Trinajstić information content (AvgIpc) is 2.28. The Morgan fingerprint density at radius 2 is 1.88 bits per heavy atom. The molecule has 88 valence electrons. The molecule has 3 heteroatoms. The summed E-state index contributed by atoms with van der Waals surface area (Å²) in [5.41, 5.74) is 3.24. The van der Waals surface area contributed by atoms with Gasteiger partial charge in [-0.2, -0.15) is 0 Å². The fraction of sp³-hybridized carbons (Fsp3) is 0.214. The van der Waals surface area contributed by atoms with Gasteiger partial charge in [-0.15, -0.1) is 11.6 Å². The first-order valence-electron chi connectivity index (χ1n) is 5.45. The van der Waals surface area contributed by atoms with E-state index in [1.165, 1.54) is 11.1 Å². The van der Waals surface area contributed by atoms with Crippen LogP contribution in [0.15, 0.2) is 36.5 Å². The quantitative estimate of drug-likeness (QED) is 0.758. The molecule has 0 unspecified atom stereocenters. The first-order chi connectivity index (χ1) is 8.19. The van der Waals surface area contributed by atoms with Crippen LogP contribution < -0.4 is 4.74 Å². The van der Waals surface area contributed by atoms with Gasteiger partial charge < -0.3 is 4.74 Å². The highest BCUT2D eigenvalue weighted by atomic mass is 35.5. The molecule has 0 N–H and O–H groups in total. The van der Waals surface area contributed by atoms with E-state index >= 15 is 0 Å². The number of halogens is 1. The summed E-state index contributed by atoms with van der Waals surface area (Å²) in [5, 5.41) is 0. The molecule has 1 heterocycles. The zero-order chi connectivity index (χ0) is 12.3. The number of aromatic nitrogens is 1. The van der Waals surface area contributed by atoms with Crippen LogP contribution in [0.2, 0.25) is 0 Å². The second-order valence-electron chi connectivity index (χ2n) is 4.03. The van der Waals surface area contributed by atoms with E-state index in [1.54, 1.807) is 6.20 Å². The van der Waals surface area contributed by atoms with Crippen molar-refractivity contribution < 1.29 is 4.74 Å². The van der Waals surface area contributed by atoms with Crippen LogP contribution in [-0.2, 0) is 5.88 Å². The third kappa shape index (κ3) is 2.98. The van der Waals surface area contributed by atoms with Crippen molar-refractivity contribution in [3.8, 4) is 11.6 Å². The van der Waals surface area contributed by atoms with Gasteiger partial charge in [-0.3, -0.25) is 0 Å². The van der Waals surface area contributed by atoms with Gasteiger partial charge in [0.15, 0.2) is 0 Å². The summed E-state index contributed by atoms with van der Waals surface area (Å²) < 4.78 is 5.77. The molecule has 1 aromatic heterocycles. The topological polar surface area (TPSA) is 22.1 Å². The Hall–Kier alpha value is -1.54. The lowest BCUT2D eigenvalue weighted by molar-refractivity contribution is 0.457. The Morgan fingerprint density at radius 3 is 2.53 bits per heavy atom. The highest BCUT2D eigenvalue weighted by molar-refractivity contribution is 6.17. The molecule has 0 spiro atoms. The molecule has 0 atom stereocenters. The van der Waals surface area contributed by atoms with Gasteiger partial charge in [-0.1, -0.05) is 12.1 Å². The summed E-state index contributed by atoms with van der Waals surface area (Å²) in [5.74, 6) is 1.77. The number of hydrogen-bond donors (Lipinski definition) is 0. The van der Waals surface area contributed by atoms with Gasteiger partial charge in [0.05, 0.1) is 5.88 Å². The SMILES string of the molecule is Cc1cc(C)cc(Oc2ncccc2CCl)c1. The molecule has 0 aliphatic heterocycles. The second kappa shape index (κ2) is 5.19. The molecule has 2 aromatic rings. The molecule has 0 fully saturated rings. The van der Waals surface area contributed by atoms with E-state index in [9.17, 15) is 0 Å². The first-order valence-corrected chi connectivity index (χ1v) is 5.98. The van der Waals surface area contributed by atoms with Crippen molar-refractivity contribution in [2.24, 2.45) is 0 Å². The molecular formula is C14H14ClNO. The number of ether oxygens (including phenoxy) is 1. The van der Waals surface area contributed by atoms with Crippen LogP contribution >= 0.6 is 11.6 Å². The largest absolute Gasteiger partial charge is 0.439 e. The van der Waals surface area contributed by atoms with Crippen LogP contribution in [0.1, 0.15) is 16.7 Å². The number of benzene rings is 1. The fourth-order valence-corrected chi connectivity index (χ4v) is 1.92. The molecular weight excluding hydrogens is 234 g/mol. The summed E-state index contributed by atoms with van der Waals surface area (Å²) in [6, 6.07) is 9.84. The molecule has 0 saturated heterocycles. The molecule has 1 aromatic carbocycles. The zero-order valence-corrected chi connectivity index (χ0v) is 10.7. The van der Waals surface area contributed by atoms with Gasteiger partial charge in [0, 0.05) is 11.8 Å². The van der Waals surface area contributed by atoms with Crippen molar-refractivity contribution in [2.75, 3.05) is 0 Å². The van der Waals surface area contributed by atoms with E-state index in [0.717, 1.165) is 11.3 Å². The molecule has 17 heavy (non-hydrogen) atoms. The van der Waals surface area contributed by atoms with Crippen molar-refractivity contribution >= 4 is 11.6 Å². The van der Waals surface area contributed by atoms with Crippen molar-refractivity contribution in [1.82, 2.24) is 4.98 Å². The number of rotatable bonds is 3. The second-order valence-corrected chi connectivity index (χ2v) is 4.29. The normalized spacial score (nSPS) is 10.3. The minimum atomic E-state index is 0.397. The lowest BCUT2D eigenvalue weighted by atomic mass is 10.1. The van der Waals surface area contributed by atoms with Crippen LogP contribution in [0.5, 0.6) is 11.6 Å². The molecule has 0 aliphatic rings. The predicted molar refractivity (Wildman–Crippen MR) is 69.8 cm³/mol. The Kier molecular flexibility index (Phi) is 3.64. The van der Waals surface area contributed by atoms with Crippen molar-refractivity contribution in [3.05, 3.63) is 53.2 Å². The minimum absolute atomic E-state index is 0.397. The summed E-state index contributed by atoms with van der Waals surface area (Å²) in [7, 11) is 0. The number of aryl methyl sites for hydroxylation is 2. The average molecular weight is 248 g/mol.